The van der Waals surface area contributed by atoms with Crippen molar-refractivity contribution in [3.8, 4) is 0 Å². The average molecular weight is 416 g/mol. The van der Waals surface area contributed by atoms with E-state index in [2.05, 4.69) is 0 Å². The SMILES string of the molecule is CC1(O)c2ccccc2C(=O)N1C1CC2(C1)CN(S(=O)(=O)c1ccccc1F)C2. The first-order valence-electron chi connectivity index (χ1n) is 9.56. The second-order valence-corrected chi connectivity index (χ2v) is 10.4. The first-order chi connectivity index (χ1) is 13.7. The number of nitrogens with zero attached hydrogens (tertiary/aromatic N) is 2. The van der Waals surface area contributed by atoms with E-state index in [-0.39, 0.29) is 22.3 Å². The highest BCUT2D eigenvalue weighted by Crippen LogP contribution is 2.54. The first kappa shape index (κ1) is 18.7. The maximum atomic E-state index is 13.9. The Kier molecular flexibility index (Phi) is 3.79. The molecule has 1 saturated heterocycles. The van der Waals surface area contributed by atoms with Crippen LogP contribution >= 0.6 is 0 Å². The predicted molar refractivity (Wildman–Crippen MR) is 103 cm³/mol. The molecule has 1 N–H and O–H groups in total. The van der Waals surface area contributed by atoms with E-state index in [1.807, 2.05) is 0 Å². The van der Waals surface area contributed by atoms with E-state index >= 15 is 0 Å². The molecule has 0 aromatic heterocycles. The Morgan fingerprint density at radius 2 is 1.69 bits per heavy atom. The first-order valence-corrected chi connectivity index (χ1v) is 11.0. The molecule has 3 aliphatic rings. The minimum absolute atomic E-state index is 0.150. The lowest BCUT2D eigenvalue weighted by molar-refractivity contribution is -0.146. The van der Waals surface area contributed by atoms with Crippen molar-refractivity contribution < 1.29 is 22.7 Å². The zero-order valence-electron chi connectivity index (χ0n) is 15.9. The minimum Gasteiger partial charge on any atom is -0.367 e. The van der Waals surface area contributed by atoms with Crippen molar-refractivity contribution in [2.45, 2.75) is 36.4 Å². The van der Waals surface area contributed by atoms with E-state index in [9.17, 15) is 22.7 Å². The van der Waals surface area contributed by atoms with Gasteiger partial charge in [-0.05, 0) is 38.0 Å². The molecule has 1 aliphatic carbocycles. The Morgan fingerprint density at radius 3 is 2.34 bits per heavy atom. The molecular weight excluding hydrogens is 395 g/mol. The highest BCUT2D eigenvalue weighted by atomic mass is 32.2. The fraction of sp³-hybridized carbons (Fsp3) is 0.381. The van der Waals surface area contributed by atoms with Gasteiger partial charge in [-0.25, -0.2) is 12.8 Å². The zero-order valence-corrected chi connectivity index (χ0v) is 16.7. The average Bonchev–Trinajstić information content (AvgIpc) is 2.80. The van der Waals surface area contributed by atoms with Crippen LogP contribution in [0.25, 0.3) is 0 Å². The Labute approximate surface area is 168 Å². The van der Waals surface area contributed by atoms with Crippen LogP contribution in [0.4, 0.5) is 4.39 Å². The maximum Gasteiger partial charge on any atom is 0.257 e. The Balaban J connectivity index is 1.30. The standard InChI is InChI=1S/C21H21FN2O4S/c1-20(26)16-7-3-2-6-15(16)19(25)24(20)14-10-21(11-14)12-23(13-21)29(27,28)18-9-5-4-8-17(18)22/h2-9,14,26H,10-13H2,1H3. The molecular formula is C21H21FN2O4S. The van der Waals surface area contributed by atoms with Gasteiger partial charge in [0, 0.05) is 35.7 Å². The second kappa shape index (κ2) is 5.87. The monoisotopic (exact) mass is 416 g/mol. The molecule has 6 nitrogen and oxygen atoms in total. The number of carbonyl (C=O) groups excluding carboxylic acids is 1. The molecule has 8 heteroatoms. The molecule has 29 heavy (non-hydrogen) atoms. The van der Waals surface area contributed by atoms with E-state index in [0.29, 0.717) is 37.1 Å². The van der Waals surface area contributed by atoms with Gasteiger partial charge in [0.1, 0.15) is 10.7 Å². The summed E-state index contributed by atoms with van der Waals surface area (Å²) in [6.45, 7) is 2.23. The largest absolute Gasteiger partial charge is 0.367 e. The third kappa shape index (κ3) is 2.52. The van der Waals surface area contributed by atoms with Crippen LogP contribution < -0.4 is 0 Å². The summed E-state index contributed by atoms with van der Waals surface area (Å²) in [6, 6.07) is 12.3. The molecule has 1 unspecified atom stereocenters. The molecule has 1 spiro atoms. The molecule has 2 aromatic carbocycles. The Bertz CT molecular complexity index is 1120. The van der Waals surface area contributed by atoms with Gasteiger partial charge >= 0.3 is 0 Å². The van der Waals surface area contributed by atoms with Gasteiger partial charge in [0.25, 0.3) is 5.91 Å². The third-order valence-corrected chi connectivity index (χ3v) is 8.36. The van der Waals surface area contributed by atoms with Crippen molar-refractivity contribution in [3.63, 3.8) is 0 Å². The predicted octanol–water partition coefficient (Wildman–Crippen LogP) is 2.30. The molecule has 2 aromatic rings. The molecule has 1 atom stereocenters. The van der Waals surface area contributed by atoms with Crippen molar-refractivity contribution in [2.75, 3.05) is 13.1 Å². The van der Waals surface area contributed by atoms with Crippen molar-refractivity contribution in [1.82, 2.24) is 9.21 Å². The summed E-state index contributed by atoms with van der Waals surface area (Å²) >= 11 is 0. The number of rotatable bonds is 3. The summed E-state index contributed by atoms with van der Waals surface area (Å²) in [6.07, 6.45) is 1.23. The number of sulfonamides is 1. The van der Waals surface area contributed by atoms with Crippen LogP contribution in [0.1, 0.15) is 35.7 Å². The van der Waals surface area contributed by atoms with Crippen LogP contribution in [0.5, 0.6) is 0 Å². The van der Waals surface area contributed by atoms with E-state index in [1.165, 1.54) is 27.4 Å². The number of hydrogen-bond donors (Lipinski definition) is 1. The highest BCUT2D eigenvalue weighted by Gasteiger charge is 2.61. The van der Waals surface area contributed by atoms with Crippen molar-refractivity contribution in [1.29, 1.82) is 0 Å². The van der Waals surface area contributed by atoms with E-state index in [4.69, 9.17) is 0 Å². The summed E-state index contributed by atoms with van der Waals surface area (Å²) in [4.78, 5) is 14.0. The van der Waals surface area contributed by atoms with Crippen LogP contribution in [-0.4, -0.2) is 47.8 Å². The number of carbonyl (C=O) groups is 1. The van der Waals surface area contributed by atoms with Crippen LogP contribution in [0.3, 0.4) is 0 Å². The second-order valence-electron chi connectivity index (χ2n) is 8.51. The van der Waals surface area contributed by atoms with E-state index in [1.54, 1.807) is 31.2 Å². The molecule has 0 radical (unpaired) electrons. The van der Waals surface area contributed by atoms with Gasteiger partial charge in [-0.3, -0.25) is 4.79 Å². The van der Waals surface area contributed by atoms with Gasteiger partial charge < -0.3 is 10.0 Å². The smallest absolute Gasteiger partial charge is 0.257 e. The number of amides is 1. The van der Waals surface area contributed by atoms with Gasteiger partial charge in [-0.2, -0.15) is 4.31 Å². The quantitative estimate of drug-likeness (QED) is 0.833. The van der Waals surface area contributed by atoms with Gasteiger partial charge in [0.2, 0.25) is 10.0 Å². The zero-order chi connectivity index (χ0) is 20.6. The van der Waals surface area contributed by atoms with Crippen molar-refractivity contribution in [3.05, 3.63) is 65.5 Å². The summed E-state index contributed by atoms with van der Waals surface area (Å²) in [5.74, 6) is -0.947. The summed E-state index contributed by atoms with van der Waals surface area (Å²) in [7, 11) is -3.87. The molecule has 5 rings (SSSR count). The summed E-state index contributed by atoms with van der Waals surface area (Å²) < 4.78 is 40.6. The number of aliphatic hydroxyl groups is 1. The lowest BCUT2D eigenvalue weighted by Crippen LogP contribution is -2.68. The number of hydrogen-bond acceptors (Lipinski definition) is 4. The van der Waals surface area contributed by atoms with Gasteiger partial charge in [-0.15, -0.1) is 0 Å². The lowest BCUT2D eigenvalue weighted by atomic mass is 9.61. The normalized spacial score (nSPS) is 26.3. The number of benzene rings is 2. The van der Waals surface area contributed by atoms with Crippen LogP contribution in [-0.2, 0) is 15.7 Å². The maximum absolute atomic E-state index is 13.9. The van der Waals surface area contributed by atoms with Crippen LogP contribution in [0, 0.1) is 11.2 Å². The van der Waals surface area contributed by atoms with E-state index < -0.39 is 21.6 Å². The van der Waals surface area contributed by atoms with Crippen molar-refractivity contribution >= 4 is 15.9 Å². The van der Waals surface area contributed by atoms with E-state index in [0.717, 1.165) is 6.07 Å². The van der Waals surface area contributed by atoms with Crippen LogP contribution in [0.15, 0.2) is 53.4 Å². The molecule has 152 valence electrons. The summed E-state index contributed by atoms with van der Waals surface area (Å²) in [5, 5.41) is 11.0. The fourth-order valence-electron chi connectivity index (χ4n) is 5.11. The topological polar surface area (TPSA) is 77.9 Å². The molecule has 2 fully saturated rings. The Morgan fingerprint density at radius 1 is 1.07 bits per heavy atom. The van der Waals surface area contributed by atoms with Crippen molar-refractivity contribution in [2.24, 2.45) is 5.41 Å². The third-order valence-electron chi connectivity index (χ3n) is 6.54. The van der Waals surface area contributed by atoms with Gasteiger partial charge in [0.15, 0.2) is 5.72 Å². The molecule has 1 amide bonds. The number of fused-ring (bicyclic) bond motifs is 1. The molecule has 1 saturated carbocycles. The molecule has 0 bridgehead atoms. The minimum atomic E-state index is -3.87. The molecule has 2 heterocycles. The Hall–Kier alpha value is -2.29. The summed E-state index contributed by atoms with van der Waals surface area (Å²) in [5.41, 5.74) is -0.476. The number of halogens is 1. The molecule has 2 aliphatic heterocycles. The van der Waals surface area contributed by atoms with Crippen LogP contribution in [0.2, 0.25) is 0 Å². The van der Waals surface area contributed by atoms with Gasteiger partial charge in [0.05, 0.1) is 0 Å². The lowest BCUT2D eigenvalue weighted by Gasteiger charge is -2.60. The highest BCUT2D eigenvalue weighted by molar-refractivity contribution is 7.89. The fourth-order valence-corrected chi connectivity index (χ4v) is 6.84. The van der Waals surface area contributed by atoms with Gasteiger partial charge in [-0.1, -0.05) is 30.3 Å².